The van der Waals surface area contributed by atoms with Crippen LogP contribution in [0.2, 0.25) is 0 Å². The highest BCUT2D eigenvalue weighted by Crippen LogP contribution is 2.19. The Kier molecular flexibility index (Phi) is 3.88. The molecule has 0 heterocycles. The highest BCUT2D eigenvalue weighted by Gasteiger charge is 2.11. The van der Waals surface area contributed by atoms with Crippen molar-refractivity contribution < 1.29 is 8.42 Å². The number of hydrogen-bond acceptors (Lipinski definition) is 3. The van der Waals surface area contributed by atoms with E-state index in [1.54, 1.807) is 42.5 Å². The Morgan fingerprint density at radius 2 is 1.50 bits per heavy atom. The first kappa shape index (κ1) is 12.9. The summed E-state index contributed by atoms with van der Waals surface area (Å²) >= 11 is 3.28. The van der Waals surface area contributed by atoms with Gasteiger partial charge in [0.15, 0.2) is 0 Å². The van der Waals surface area contributed by atoms with Gasteiger partial charge >= 0.3 is 0 Å². The second-order valence-electron chi connectivity index (χ2n) is 3.45. The normalized spacial score (nSPS) is 11.8. The standard InChI is InChI=1S/C12H9BrN2O2S/c13-10-6-8-11(9-7-10)14-15-18(16,17)12-4-2-1-3-5-12/h1-9H. The first-order chi connectivity index (χ1) is 8.58. The molecule has 2 aromatic carbocycles. The van der Waals surface area contributed by atoms with Crippen molar-refractivity contribution in [2.24, 2.45) is 9.63 Å². The minimum absolute atomic E-state index is 0.130. The van der Waals surface area contributed by atoms with Gasteiger partial charge in [0.05, 0.1) is 10.6 Å². The van der Waals surface area contributed by atoms with E-state index < -0.39 is 10.0 Å². The number of halogens is 1. The monoisotopic (exact) mass is 324 g/mol. The summed E-state index contributed by atoms with van der Waals surface area (Å²) in [4.78, 5) is 0.130. The first-order valence-corrected chi connectivity index (χ1v) is 7.30. The fraction of sp³-hybridized carbons (Fsp3) is 0. The van der Waals surface area contributed by atoms with Crippen LogP contribution in [0.5, 0.6) is 0 Å². The van der Waals surface area contributed by atoms with Gasteiger partial charge in [-0.2, -0.15) is 8.42 Å². The van der Waals surface area contributed by atoms with Crippen LogP contribution in [-0.4, -0.2) is 8.42 Å². The predicted octanol–water partition coefficient (Wildman–Crippen LogP) is 3.92. The zero-order chi connectivity index (χ0) is 13.0. The van der Waals surface area contributed by atoms with Crippen LogP contribution in [0.15, 0.2) is 73.6 Å². The molecule has 0 atom stereocenters. The summed E-state index contributed by atoms with van der Waals surface area (Å²) in [5.74, 6) is 0. The largest absolute Gasteiger partial charge is 0.299 e. The molecule has 6 heteroatoms. The highest BCUT2D eigenvalue weighted by molar-refractivity contribution is 9.10. The van der Waals surface area contributed by atoms with E-state index in [0.717, 1.165) is 4.47 Å². The average Bonchev–Trinajstić information content (AvgIpc) is 2.39. The van der Waals surface area contributed by atoms with Crippen LogP contribution in [0.4, 0.5) is 5.69 Å². The van der Waals surface area contributed by atoms with Crippen LogP contribution in [0.3, 0.4) is 0 Å². The van der Waals surface area contributed by atoms with E-state index in [9.17, 15) is 8.42 Å². The Morgan fingerprint density at radius 1 is 0.889 bits per heavy atom. The van der Waals surface area contributed by atoms with E-state index in [0.29, 0.717) is 5.69 Å². The molecule has 4 nitrogen and oxygen atoms in total. The molecule has 0 spiro atoms. The molecule has 0 aromatic heterocycles. The maximum Gasteiger partial charge on any atom is 0.299 e. The Bertz CT molecular complexity index is 652. The van der Waals surface area contributed by atoms with Crippen molar-refractivity contribution in [1.29, 1.82) is 0 Å². The van der Waals surface area contributed by atoms with Crippen LogP contribution < -0.4 is 0 Å². The molecule has 0 fully saturated rings. The Labute approximate surface area is 114 Å². The zero-order valence-corrected chi connectivity index (χ0v) is 11.6. The lowest BCUT2D eigenvalue weighted by Crippen LogP contribution is -1.94. The molecule has 0 aliphatic heterocycles. The molecule has 0 amide bonds. The van der Waals surface area contributed by atoms with E-state index in [1.807, 2.05) is 0 Å². The fourth-order valence-corrected chi connectivity index (χ4v) is 2.31. The van der Waals surface area contributed by atoms with E-state index in [1.165, 1.54) is 12.1 Å². The molecule has 2 rings (SSSR count). The fourth-order valence-electron chi connectivity index (χ4n) is 1.25. The van der Waals surface area contributed by atoms with Gasteiger partial charge in [0.25, 0.3) is 10.0 Å². The summed E-state index contributed by atoms with van der Waals surface area (Å²) in [6.07, 6.45) is 0. The average molecular weight is 325 g/mol. The molecule has 18 heavy (non-hydrogen) atoms. The highest BCUT2D eigenvalue weighted by atomic mass is 79.9. The number of benzene rings is 2. The molecule has 2 aromatic rings. The topological polar surface area (TPSA) is 58.9 Å². The minimum Gasteiger partial charge on any atom is -0.198 e. The van der Waals surface area contributed by atoms with Crippen molar-refractivity contribution in [2.45, 2.75) is 4.90 Å². The lowest BCUT2D eigenvalue weighted by molar-refractivity contribution is 0.595. The van der Waals surface area contributed by atoms with Crippen LogP contribution in [-0.2, 0) is 10.0 Å². The van der Waals surface area contributed by atoms with Gasteiger partial charge in [-0.1, -0.05) is 38.6 Å². The summed E-state index contributed by atoms with van der Waals surface area (Å²) in [6, 6.07) is 14.9. The van der Waals surface area contributed by atoms with Crippen molar-refractivity contribution in [2.75, 3.05) is 0 Å². The molecule has 0 aliphatic rings. The third kappa shape index (κ3) is 3.24. The maximum absolute atomic E-state index is 11.8. The van der Waals surface area contributed by atoms with Crippen molar-refractivity contribution >= 4 is 31.6 Å². The lowest BCUT2D eigenvalue weighted by atomic mass is 10.3. The van der Waals surface area contributed by atoms with Crippen molar-refractivity contribution in [3.63, 3.8) is 0 Å². The predicted molar refractivity (Wildman–Crippen MR) is 72.3 cm³/mol. The third-order valence-corrected chi connectivity index (χ3v) is 3.82. The Balaban J connectivity index is 2.26. The molecule has 0 radical (unpaired) electrons. The lowest BCUT2D eigenvalue weighted by Gasteiger charge is -1.96. The summed E-state index contributed by atoms with van der Waals surface area (Å²) in [6.45, 7) is 0. The van der Waals surface area contributed by atoms with E-state index >= 15 is 0 Å². The molecule has 0 unspecified atom stereocenters. The third-order valence-electron chi connectivity index (χ3n) is 2.13. The van der Waals surface area contributed by atoms with E-state index in [-0.39, 0.29) is 4.90 Å². The summed E-state index contributed by atoms with van der Waals surface area (Å²) in [5.41, 5.74) is 0.484. The van der Waals surface area contributed by atoms with Gasteiger partial charge in [-0.3, -0.25) is 0 Å². The van der Waals surface area contributed by atoms with Gasteiger partial charge in [-0.15, -0.1) is 5.11 Å². The van der Waals surface area contributed by atoms with Crippen LogP contribution in [0, 0.1) is 0 Å². The molecular formula is C12H9BrN2O2S. The van der Waals surface area contributed by atoms with Gasteiger partial charge in [0.2, 0.25) is 0 Å². The van der Waals surface area contributed by atoms with Crippen molar-refractivity contribution in [3.8, 4) is 0 Å². The molecule has 0 saturated carbocycles. The van der Waals surface area contributed by atoms with Crippen LogP contribution in [0.1, 0.15) is 0 Å². The number of nitrogens with zero attached hydrogens (tertiary/aromatic N) is 2. The molecule has 0 bridgehead atoms. The van der Waals surface area contributed by atoms with Gasteiger partial charge < -0.3 is 0 Å². The minimum atomic E-state index is -3.72. The van der Waals surface area contributed by atoms with Gasteiger partial charge in [0.1, 0.15) is 0 Å². The number of rotatable bonds is 3. The van der Waals surface area contributed by atoms with Gasteiger partial charge in [0, 0.05) is 4.47 Å². The summed E-state index contributed by atoms with van der Waals surface area (Å²) < 4.78 is 27.9. The number of sulfonamides is 1. The van der Waals surface area contributed by atoms with E-state index in [4.69, 9.17) is 0 Å². The smallest absolute Gasteiger partial charge is 0.198 e. The molecular weight excluding hydrogens is 316 g/mol. The van der Waals surface area contributed by atoms with Crippen LogP contribution >= 0.6 is 15.9 Å². The zero-order valence-electron chi connectivity index (χ0n) is 9.19. The Morgan fingerprint density at radius 3 is 2.11 bits per heavy atom. The van der Waals surface area contributed by atoms with Crippen molar-refractivity contribution in [1.82, 2.24) is 0 Å². The van der Waals surface area contributed by atoms with Gasteiger partial charge in [-0.05, 0) is 36.4 Å². The molecule has 0 saturated heterocycles. The number of hydrogen-bond donors (Lipinski definition) is 0. The summed E-state index contributed by atoms with van der Waals surface area (Å²) in [7, 11) is -3.72. The van der Waals surface area contributed by atoms with Crippen LogP contribution in [0.25, 0.3) is 0 Å². The molecule has 0 N–H and O–H groups in total. The summed E-state index contributed by atoms with van der Waals surface area (Å²) in [5, 5.41) is 3.71. The maximum atomic E-state index is 11.8. The Hall–Kier alpha value is -1.53. The quantitative estimate of drug-likeness (QED) is 0.803. The van der Waals surface area contributed by atoms with Gasteiger partial charge in [-0.25, -0.2) is 0 Å². The second kappa shape index (κ2) is 5.41. The second-order valence-corrected chi connectivity index (χ2v) is 5.95. The van der Waals surface area contributed by atoms with E-state index in [2.05, 4.69) is 25.6 Å². The van der Waals surface area contributed by atoms with Crippen molar-refractivity contribution in [3.05, 3.63) is 59.1 Å². The molecule has 0 aliphatic carbocycles. The first-order valence-electron chi connectivity index (χ1n) is 5.06. The molecule has 92 valence electrons. The SMILES string of the molecule is O=S(=O)(N=Nc1ccc(Br)cc1)c1ccccc1.